The van der Waals surface area contributed by atoms with Crippen molar-refractivity contribution in [2.75, 3.05) is 58.3 Å². The predicted molar refractivity (Wildman–Crippen MR) is 153 cm³/mol. The summed E-state index contributed by atoms with van der Waals surface area (Å²) in [7, 11) is 3.63. The van der Waals surface area contributed by atoms with Crippen LogP contribution in [0.5, 0.6) is 0 Å². The van der Waals surface area contributed by atoms with E-state index in [1.54, 1.807) is 21.9 Å². The van der Waals surface area contributed by atoms with Crippen molar-refractivity contribution in [1.29, 1.82) is 0 Å². The van der Waals surface area contributed by atoms with Crippen molar-refractivity contribution in [3.63, 3.8) is 0 Å². The molecule has 3 fully saturated rings. The van der Waals surface area contributed by atoms with Crippen LogP contribution < -0.4 is 10.2 Å². The highest BCUT2D eigenvalue weighted by Crippen LogP contribution is 2.32. The minimum Gasteiger partial charge on any atom is -0.372 e. The van der Waals surface area contributed by atoms with Gasteiger partial charge in [0.15, 0.2) is 5.78 Å². The van der Waals surface area contributed by atoms with Crippen LogP contribution in [0.3, 0.4) is 0 Å². The van der Waals surface area contributed by atoms with Gasteiger partial charge >= 0.3 is 0 Å². The number of hydrogen-bond acceptors (Lipinski definition) is 7. The first-order valence-corrected chi connectivity index (χ1v) is 14.7. The molecule has 3 aliphatic rings. The maximum absolute atomic E-state index is 13.8. The third-order valence-electron chi connectivity index (χ3n) is 8.41. The number of anilines is 1. The summed E-state index contributed by atoms with van der Waals surface area (Å²) in [6, 6.07) is 5.74. The van der Waals surface area contributed by atoms with Crippen LogP contribution in [0.25, 0.3) is 0 Å². The Balaban J connectivity index is 1.44. The molecule has 0 spiro atoms. The third-order valence-corrected chi connectivity index (χ3v) is 8.41. The summed E-state index contributed by atoms with van der Waals surface area (Å²) in [5.41, 5.74) is 1.57. The highest BCUT2D eigenvalue weighted by atomic mass is 16.5. The smallest absolute Gasteiger partial charge is 0.252 e. The van der Waals surface area contributed by atoms with Crippen molar-refractivity contribution < 1.29 is 23.9 Å². The van der Waals surface area contributed by atoms with Crippen molar-refractivity contribution >= 4 is 29.2 Å². The summed E-state index contributed by atoms with van der Waals surface area (Å²) in [5, 5.41) is 2.96. The van der Waals surface area contributed by atoms with E-state index < -0.39 is 18.2 Å². The Morgan fingerprint density at radius 2 is 1.68 bits per heavy atom. The van der Waals surface area contributed by atoms with E-state index in [4.69, 9.17) is 4.74 Å². The molecule has 4 atom stereocenters. The molecule has 3 amide bonds. The third kappa shape index (κ3) is 6.49. The molecule has 0 radical (unpaired) electrons. The number of hydrogen-bond donors (Lipinski definition) is 1. The lowest BCUT2D eigenvalue weighted by Gasteiger charge is -2.34. The number of likely N-dealkylation sites (tertiary alicyclic amines) is 2. The normalized spacial score (nSPS) is 22.9. The van der Waals surface area contributed by atoms with E-state index >= 15 is 0 Å². The highest BCUT2D eigenvalue weighted by Gasteiger charge is 2.53. The summed E-state index contributed by atoms with van der Waals surface area (Å²) in [6.45, 7) is 10.2. The lowest BCUT2D eigenvalue weighted by atomic mass is 10.0. The Bertz CT molecular complexity index is 1070. The second kappa shape index (κ2) is 13.1. The number of carbonyl (C=O) groups excluding carboxylic acids is 4. The molecular weight excluding hydrogens is 510 g/mol. The van der Waals surface area contributed by atoms with Crippen LogP contribution in [-0.2, 0) is 19.1 Å². The van der Waals surface area contributed by atoms with Gasteiger partial charge in [-0.25, -0.2) is 0 Å². The van der Waals surface area contributed by atoms with Gasteiger partial charge in [-0.15, -0.1) is 0 Å². The molecule has 40 heavy (non-hydrogen) atoms. The van der Waals surface area contributed by atoms with Gasteiger partial charge in [-0.1, -0.05) is 27.2 Å². The molecule has 3 heterocycles. The number of piperazine rings is 1. The fraction of sp³-hybridized carbons (Fsp3) is 0.667. The largest absolute Gasteiger partial charge is 0.372 e. The number of carbonyl (C=O) groups is 4. The Morgan fingerprint density at radius 1 is 1.00 bits per heavy atom. The van der Waals surface area contributed by atoms with Crippen LogP contribution in [-0.4, -0.2) is 116 Å². The van der Waals surface area contributed by atoms with Crippen LogP contribution in [0.15, 0.2) is 24.3 Å². The second-order valence-corrected chi connectivity index (χ2v) is 11.8. The van der Waals surface area contributed by atoms with Crippen molar-refractivity contribution in [1.82, 2.24) is 20.0 Å². The Hall–Kier alpha value is -2.98. The van der Waals surface area contributed by atoms with E-state index in [2.05, 4.69) is 22.2 Å². The predicted octanol–water partition coefficient (Wildman–Crippen LogP) is 1.78. The number of methoxy groups -OCH3 is 1. The zero-order chi connectivity index (χ0) is 29.0. The van der Waals surface area contributed by atoms with Gasteiger partial charge < -0.3 is 29.7 Å². The molecule has 0 aliphatic carbocycles. The van der Waals surface area contributed by atoms with Gasteiger partial charge in [0.25, 0.3) is 11.8 Å². The molecule has 4 unspecified atom stereocenters. The molecule has 4 rings (SSSR count). The molecule has 0 aromatic heterocycles. The Morgan fingerprint density at radius 3 is 2.27 bits per heavy atom. The number of amides is 3. The topological polar surface area (TPSA) is 102 Å². The molecule has 220 valence electrons. The van der Waals surface area contributed by atoms with Crippen LogP contribution in [0.1, 0.15) is 56.8 Å². The van der Waals surface area contributed by atoms with Crippen LogP contribution in [0.4, 0.5) is 5.69 Å². The molecule has 10 heteroatoms. The van der Waals surface area contributed by atoms with Crippen LogP contribution in [0, 0.1) is 5.92 Å². The zero-order valence-electron chi connectivity index (χ0n) is 24.6. The zero-order valence-corrected chi connectivity index (χ0v) is 24.6. The van der Waals surface area contributed by atoms with Crippen LogP contribution in [0.2, 0.25) is 0 Å². The molecule has 1 N–H and O–H groups in total. The standard InChI is InChI=1S/C30H45N5O5/c1-6-7-26(40-5)30(39)35-19-25(36)27-24(35)12-13-34(27)29(38)23(18-20(2)3)31-28(37)21-8-10-22(11-9-21)33-16-14-32(4)15-17-33/h8-11,20,23-24,26-27H,6-7,12-19H2,1-5H3,(H,31,37). The fourth-order valence-electron chi connectivity index (χ4n) is 6.17. The van der Waals surface area contributed by atoms with Crippen molar-refractivity contribution in [2.45, 2.75) is 70.7 Å². The van der Waals surface area contributed by atoms with E-state index in [0.717, 1.165) is 38.3 Å². The average molecular weight is 556 g/mol. The molecule has 10 nitrogen and oxygen atoms in total. The second-order valence-electron chi connectivity index (χ2n) is 11.8. The first-order valence-electron chi connectivity index (χ1n) is 14.7. The van der Waals surface area contributed by atoms with E-state index in [9.17, 15) is 19.2 Å². The van der Waals surface area contributed by atoms with Gasteiger partial charge in [0.05, 0.1) is 12.6 Å². The average Bonchev–Trinajstić information content (AvgIpc) is 3.52. The van der Waals surface area contributed by atoms with Crippen LogP contribution >= 0.6 is 0 Å². The Kier molecular flexibility index (Phi) is 9.84. The number of rotatable bonds is 10. The van der Waals surface area contributed by atoms with Gasteiger partial charge in [-0.2, -0.15) is 0 Å². The summed E-state index contributed by atoms with van der Waals surface area (Å²) >= 11 is 0. The molecule has 0 saturated carbocycles. The maximum atomic E-state index is 13.8. The number of nitrogens with one attached hydrogen (secondary N) is 1. The number of Topliss-reactive ketones (excluding diaryl/α,β-unsaturated/α-hetero) is 1. The van der Waals surface area contributed by atoms with Crippen molar-refractivity contribution in [3.05, 3.63) is 29.8 Å². The van der Waals surface area contributed by atoms with E-state index in [0.29, 0.717) is 31.4 Å². The molecular formula is C30H45N5O5. The minimum atomic E-state index is -0.757. The number of ether oxygens (including phenoxy) is 1. The van der Waals surface area contributed by atoms with Crippen molar-refractivity contribution in [3.8, 4) is 0 Å². The monoisotopic (exact) mass is 555 g/mol. The number of likely N-dealkylation sites (N-methyl/N-ethyl adjacent to an activating group) is 1. The summed E-state index contributed by atoms with van der Waals surface area (Å²) < 4.78 is 5.40. The first-order chi connectivity index (χ1) is 19.1. The van der Waals surface area contributed by atoms with E-state index in [-0.39, 0.29) is 42.0 Å². The first kappa shape index (κ1) is 30.0. The number of nitrogens with zero attached hydrogens (tertiary/aromatic N) is 4. The van der Waals surface area contributed by atoms with E-state index in [1.807, 2.05) is 32.9 Å². The van der Waals surface area contributed by atoms with E-state index in [1.165, 1.54) is 7.11 Å². The molecule has 1 aromatic carbocycles. The van der Waals surface area contributed by atoms with Gasteiger partial charge in [0, 0.05) is 51.1 Å². The molecule has 3 aliphatic heterocycles. The molecule has 0 bridgehead atoms. The number of fused-ring (bicyclic) bond motifs is 1. The quantitative estimate of drug-likeness (QED) is 0.470. The van der Waals surface area contributed by atoms with Gasteiger partial charge in [-0.05, 0) is 56.5 Å². The summed E-state index contributed by atoms with van der Waals surface area (Å²) in [5.74, 6) is -0.739. The highest BCUT2D eigenvalue weighted by molar-refractivity contribution is 6.01. The molecule has 3 saturated heterocycles. The lowest BCUT2D eigenvalue weighted by molar-refractivity contribution is -0.144. The fourth-order valence-corrected chi connectivity index (χ4v) is 6.17. The van der Waals surface area contributed by atoms with Gasteiger partial charge in [0.1, 0.15) is 18.2 Å². The molecule has 1 aromatic rings. The number of ketones is 1. The Labute approximate surface area is 238 Å². The SMILES string of the molecule is CCCC(OC)C(=O)N1CC(=O)C2C1CCN2C(=O)C(CC(C)C)NC(=O)c1ccc(N2CCN(C)CC2)cc1. The van der Waals surface area contributed by atoms with Gasteiger partial charge in [-0.3, -0.25) is 19.2 Å². The van der Waals surface area contributed by atoms with Crippen molar-refractivity contribution in [2.24, 2.45) is 5.92 Å². The maximum Gasteiger partial charge on any atom is 0.252 e. The summed E-state index contributed by atoms with van der Waals surface area (Å²) in [6.07, 6.45) is 1.78. The minimum absolute atomic E-state index is 0.0115. The summed E-state index contributed by atoms with van der Waals surface area (Å²) in [4.78, 5) is 61.1. The lowest BCUT2D eigenvalue weighted by Crippen LogP contribution is -2.53. The number of benzene rings is 1. The van der Waals surface area contributed by atoms with Gasteiger partial charge in [0.2, 0.25) is 5.91 Å².